The van der Waals surface area contributed by atoms with Gasteiger partial charge in [0.25, 0.3) is 0 Å². The Bertz CT molecular complexity index is 372. The number of carbonyl (C=O) groups excluding carboxylic acids is 1. The molecule has 0 bridgehead atoms. The van der Waals surface area contributed by atoms with Crippen LogP contribution in [0.2, 0.25) is 0 Å². The standard InChI is InChI=1S/C13H17FN2O/c14-11-1-3-12(4-2-11)16-13(17)9-10-5-7-15-8-6-10/h1-4,10,15H,5-9H2,(H,16,17). The van der Waals surface area contributed by atoms with Crippen LogP contribution in [0.1, 0.15) is 19.3 Å². The molecule has 0 aliphatic carbocycles. The highest BCUT2D eigenvalue weighted by Crippen LogP contribution is 2.17. The second-order valence-electron chi connectivity index (χ2n) is 4.45. The van der Waals surface area contributed by atoms with Gasteiger partial charge in [0.05, 0.1) is 0 Å². The third kappa shape index (κ3) is 3.82. The van der Waals surface area contributed by atoms with Crippen molar-refractivity contribution in [2.75, 3.05) is 18.4 Å². The first-order chi connectivity index (χ1) is 8.24. The highest BCUT2D eigenvalue weighted by molar-refractivity contribution is 5.90. The van der Waals surface area contributed by atoms with Crippen LogP contribution in [0, 0.1) is 11.7 Å². The highest BCUT2D eigenvalue weighted by atomic mass is 19.1. The topological polar surface area (TPSA) is 41.1 Å². The molecule has 92 valence electrons. The summed E-state index contributed by atoms with van der Waals surface area (Å²) in [4.78, 5) is 11.7. The number of hydrogen-bond donors (Lipinski definition) is 2. The zero-order valence-corrected chi connectivity index (χ0v) is 9.71. The summed E-state index contributed by atoms with van der Waals surface area (Å²) in [6, 6.07) is 5.85. The normalized spacial score (nSPS) is 16.8. The number of rotatable bonds is 3. The largest absolute Gasteiger partial charge is 0.326 e. The summed E-state index contributed by atoms with van der Waals surface area (Å²) in [5.41, 5.74) is 0.658. The van der Waals surface area contributed by atoms with Gasteiger partial charge in [-0.15, -0.1) is 0 Å². The first-order valence-corrected chi connectivity index (χ1v) is 6.00. The van der Waals surface area contributed by atoms with Crippen molar-refractivity contribution >= 4 is 11.6 Å². The summed E-state index contributed by atoms with van der Waals surface area (Å²) in [7, 11) is 0. The van der Waals surface area contributed by atoms with Crippen molar-refractivity contribution in [2.45, 2.75) is 19.3 Å². The summed E-state index contributed by atoms with van der Waals surface area (Å²) in [6.45, 7) is 1.99. The molecule has 1 aliphatic heterocycles. The molecule has 0 spiro atoms. The van der Waals surface area contributed by atoms with Gasteiger partial charge in [0, 0.05) is 12.1 Å². The maximum atomic E-state index is 12.7. The summed E-state index contributed by atoms with van der Waals surface area (Å²) in [5, 5.41) is 6.06. The summed E-state index contributed by atoms with van der Waals surface area (Å²) < 4.78 is 12.7. The molecule has 1 aromatic carbocycles. The van der Waals surface area contributed by atoms with Gasteiger partial charge < -0.3 is 10.6 Å². The van der Waals surface area contributed by atoms with Crippen LogP contribution in [0.15, 0.2) is 24.3 Å². The zero-order valence-electron chi connectivity index (χ0n) is 9.71. The number of nitrogens with one attached hydrogen (secondary N) is 2. The molecule has 0 atom stereocenters. The van der Waals surface area contributed by atoms with Crippen molar-refractivity contribution < 1.29 is 9.18 Å². The van der Waals surface area contributed by atoms with Gasteiger partial charge in [0.2, 0.25) is 5.91 Å². The van der Waals surface area contributed by atoms with Gasteiger partial charge in [-0.25, -0.2) is 4.39 Å². The number of benzene rings is 1. The van der Waals surface area contributed by atoms with E-state index >= 15 is 0 Å². The van der Waals surface area contributed by atoms with Crippen molar-refractivity contribution in [3.63, 3.8) is 0 Å². The molecule has 0 aromatic heterocycles. The Balaban J connectivity index is 1.82. The predicted octanol–water partition coefficient (Wildman–Crippen LogP) is 2.15. The van der Waals surface area contributed by atoms with E-state index in [-0.39, 0.29) is 11.7 Å². The molecule has 1 amide bonds. The van der Waals surface area contributed by atoms with Crippen molar-refractivity contribution in [1.29, 1.82) is 0 Å². The molecule has 2 N–H and O–H groups in total. The maximum Gasteiger partial charge on any atom is 0.224 e. The predicted molar refractivity (Wildman–Crippen MR) is 65.2 cm³/mol. The van der Waals surface area contributed by atoms with Gasteiger partial charge in [-0.05, 0) is 56.1 Å². The number of carbonyl (C=O) groups is 1. The smallest absolute Gasteiger partial charge is 0.224 e. The SMILES string of the molecule is O=C(CC1CCNCC1)Nc1ccc(F)cc1. The van der Waals surface area contributed by atoms with E-state index in [0.29, 0.717) is 18.0 Å². The fraction of sp³-hybridized carbons (Fsp3) is 0.462. The van der Waals surface area contributed by atoms with Crippen molar-refractivity contribution in [3.8, 4) is 0 Å². The molecule has 3 nitrogen and oxygen atoms in total. The first kappa shape index (κ1) is 12.0. The molecular formula is C13H17FN2O. The zero-order chi connectivity index (χ0) is 12.1. The minimum atomic E-state index is -0.290. The van der Waals surface area contributed by atoms with Gasteiger partial charge in [-0.1, -0.05) is 0 Å². The van der Waals surface area contributed by atoms with E-state index in [9.17, 15) is 9.18 Å². The molecule has 17 heavy (non-hydrogen) atoms. The molecule has 1 heterocycles. The van der Waals surface area contributed by atoms with Gasteiger partial charge in [-0.2, -0.15) is 0 Å². The van der Waals surface area contributed by atoms with Crippen LogP contribution < -0.4 is 10.6 Å². The number of amides is 1. The second-order valence-corrected chi connectivity index (χ2v) is 4.45. The van der Waals surface area contributed by atoms with Crippen molar-refractivity contribution in [2.24, 2.45) is 5.92 Å². The fourth-order valence-electron chi connectivity index (χ4n) is 2.09. The fourth-order valence-corrected chi connectivity index (χ4v) is 2.09. The lowest BCUT2D eigenvalue weighted by Crippen LogP contribution is -2.30. The molecule has 0 unspecified atom stereocenters. The molecule has 4 heteroatoms. The lowest BCUT2D eigenvalue weighted by Gasteiger charge is -2.21. The van der Waals surface area contributed by atoms with Crippen LogP contribution >= 0.6 is 0 Å². The first-order valence-electron chi connectivity index (χ1n) is 6.00. The van der Waals surface area contributed by atoms with E-state index in [1.54, 1.807) is 12.1 Å². The molecule has 1 aromatic rings. The Morgan fingerprint density at radius 2 is 1.94 bits per heavy atom. The molecule has 1 fully saturated rings. The highest BCUT2D eigenvalue weighted by Gasteiger charge is 2.16. The molecule has 1 aliphatic rings. The number of anilines is 1. The third-order valence-electron chi connectivity index (χ3n) is 3.06. The Morgan fingerprint density at radius 1 is 1.29 bits per heavy atom. The molecular weight excluding hydrogens is 219 g/mol. The Hall–Kier alpha value is -1.42. The van der Waals surface area contributed by atoms with Gasteiger partial charge in [-0.3, -0.25) is 4.79 Å². The summed E-state index contributed by atoms with van der Waals surface area (Å²) in [6.07, 6.45) is 2.66. The number of hydrogen-bond acceptors (Lipinski definition) is 2. The minimum absolute atomic E-state index is 0.0171. The third-order valence-corrected chi connectivity index (χ3v) is 3.06. The quantitative estimate of drug-likeness (QED) is 0.844. The van der Waals surface area contributed by atoms with E-state index in [4.69, 9.17) is 0 Å². The van der Waals surface area contributed by atoms with Gasteiger partial charge in [0.1, 0.15) is 5.82 Å². The Labute approximate surface area is 100 Å². The number of piperidine rings is 1. The van der Waals surface area contributed by atoms with E-state index in [2.05, 4.69) is 10.6 Å². The van der Waals surface area contributed by atoms with Gasteiger partial charge in [0.15, 0.2) is 0 Å². The molecule has 0 saturated carbocycles. The lowest BCUT2D eigenvalue weighted by atomic mass is 9.94. The van der Waals surface area contributed by atoms with Crippen LogP contribution in [0.4, 0.5) is 10.1 Å². The average Bonchev–Trinajstić information content (AvgIpc) is 2.33. The Kier molecular flexibility index (Phi) is 4.09. The monoisotopic (exact) mass is 236 g/mol. The van der Waals surface area contributed by atoms with E-state index in [1.807, 2.05) is 0 Å². The van der Waals surface area contributed by atoms with Crippen LogP contribution in [-0.2, 0) is 4.79 Å². The van der Waals surface area contributed by atoms with Crippen molar-refractivity contribution in [1.82, 2.24) is 5.32 Å². The van der Waals surface area contributed by atoms with E-state index in [1.165, 1.54) is 12.1 Å². The second kappa shape index (κ2) is 5.77. The lowest BCUT2D eigenvalue weighted by molar-refractivity contribution is -0.117. The Morgan fingerprint density at radius 3 is 2.59 bits per heavy atom. The molecule has 1 saturated heterocycles. The molecule has 2 rings (SSSR count). The summed E-state index contributed by atoms with van der Waals surface area (Å²) in [5.74, 6) is 0.196. The maximum absolute atomic E-state index is 12.7. The minimum Gasteiger partial charge on any atom is -0.326 e. The van der Waals surface area contributed by atoms with Crippen molar-refractivity contribution in [3.05, 3.63) is 30.1 Å². The summed E-state index contributed by atoms with van der Waals surface area (Å²) >= 11 is 0. The van der Waals surface area contributed by atoms with Crippen LogP contribution in [0.25, 0.3) is 0 Å². The van der Waals surface area contributed by atoms with E-state index in [0.717, 1.165) is 25.9 Å². The number of halogens is 1. The average molecular weight is 236 g/mol. The van der Waals surface area contributed by atoms with Crippen LogP contribution in [0.5, 0.6) is 0 Å². The molecule has 0 radical (unpaired) electrons. The van der Waals surface area contributed by atoms with Crippen LogP contribution in [-0.4, -0.2) is 19.0 Å². The van der Waals surface area contributed by atoms with Crippen LogP contribution in [0.3, 0.4) is 0 Å². The van der Waals surface area contributed by atoms with Gasteiger partial charge >= 0.3 is 0 Å². The van der Waals surface area contributed by atoms with E-state index < -0.39 is 0 Å².